The maximum absolute atomic E-state index is 9.11. The first-order valence-electron chi connectivity index (χ1n) is 5.50. The zero-order chi connectivity index (χ0) is 11.5. The Hall–Kier alpha value is -1.61. The standard InChI is InChI=1S/C13H16N2O/c1-3-11-4-6-13(7-5-11)15-8-12(9-16)10(2)14-15/h4-8,16H,3,9H2,1-2H3. The van der Waals surface area contributed by atoms with Crippen LogP contribution in [0.15, 0.2) is 30.5 Å². The number of benzene rings is 1. The van der Waals surface area contributed by atoms with E-state index < -0.39 is 0 Å². The minimum absolute atomic E-state index is 0.0406. The van der Waals surface area contributed by atoms with Crippen LogP contribution >= 0.6 is 0 Å². The highest BCUT2D eigenvalue weighted by Gasteiger charge is 2.04. The van der Waals surface area contributed by atoms with E-state index in [-0.39, 0.29) is 6.61 Å². The van der Waals surface area contributed by atoms with Crippen LogP contribution in [0, 0.1) is 6.92 Å². The highest BCUT2D eigenvalue weighted by molar-refractivity contribution is 5.35. The number of aliphatic hydroxyl groups is 1. The van der Waals surface area contributed by atoms with Gasteiger partial charge >= 0.3 is 0 Å². The summed E-state index contributed by atoms with van der Waals surface area (Å²) in [5, 5.41) is 13.5. The molecule has 0 amide bonds. The molecule has 1 N–H and O–H groups in total. The fourth-order valence-corrected chi connectivity index (χ4v) is 1.67. The molecule has 0 aliphatic carbocycles. The van der Waals surface area contributed by atoms with Gasteiger partial charge in [-0.05, 0) is 31.0 Å². The molecule has 0 aliphatic heterocycles. The highest BCUT2D eigenvalue weighted by Crippen LogP contribution is 2.13. The number of aliphatic hydroxyl groups excluding tert-OH is 1. The third-order valence-corrected chi connectivity index (χ3v) is 2.78. The Labute approximate surface area is 95.3 Å². The summed E-state index contributed by atoms with van der Waals surface area (Å²) in [7, 11) is 0. The van der Waals surface area contributed by atoms with Gasteiger partial charge in [0.15, 0.2) is 0 Å². The molecule has 0 unspecified atom stereocenters. The Bertz CT molecular complexity index is 471. The van der Waals surface area contributed by atoms with Crippen LogP contribution in [0.2, 0.25) is 0 Å². The Morgan fingerprint density at radius 3 is 2.44 bits per heavy atom. The SMILES string of the molecule is CCc1ccc(-n2cc(CO)c(C)n2)cc1. The molecule has 1 aromatic carbocycles. The Morgan fingerprint density at radius 2 is 1.94 bits per heavy atom. The second-order valence-electron chi connectivity index (χ2n) is 3.86. The maximum atomic E-state index is 9.11. The molecule has 3 nitrogen and oxygen atoms in total. The van der Waals surface area contributed by atoms with Gasteiger partial charge in [-0.1, -0.05) is 19.1 Å². The molecule has 2 aromatic rings. The second kappa shape index (κ2) is 4.49. The van der Waals surface area contributed by atoms with Crippen LogP contribution in [0.4, 0.5) is 0 Å². The molecule has 0 radical (unpaired) electrons. The average Bonchev–Trinajstić information content (AvgIpc) is 2.71. The summed E-state index contributed by atoms with van der Waals surface area (Å²) in [5.74, 6) is 0. The van der Waals surface area contributed by atoms with Crippen LogP contribution in [0.3, 0.4) is 0 Å². The van der Waals surface area contributed by atoms with Crippen LogP contribution in [0.1, 0.15) is 23.7 Å². The van der Waals surface area contributed by atoms with Crippen LogP contribution < -0.4 is 0 Å². The quantitative estimate of drug-likeness (QED) is 0.854. The molecule has 0 saturated carbocycles. The maximum Gasteiger partial charge on any atom is 0.0715 e. The Kier molecular flexibility index (Phi) is 3.06. The Balaban J connectivity index is 2.34. The van der Waals surface area contributed by atoms with Crippen LogP contribution in [-0.2, 0) is 13.0 Å². The molecule has 84 valence electrons. The third-order valence-electron chi connectivity index (χ3n) is 2.78. The van der Waals surface area contributed by atoms with Crippen LogP contribution in [0.25, 0.3) is 5.69 Å². The van der Waals surface area contributed by atoms with E-state index in [9.17, 15) is 0 Å². The van der Waals surface area contributed by atoms with Crippen molar-refractivity contribution in [1.29, 1.82) is 0 Å². The largest absolute Gasteiger partial charge is 0.392 e. The van der Waals surface area contributed by atoms with Gasteiger partial charge in [-0.15, -0.1) is 0 Å². The first kappa shape index (κ1) is 10.9. The molecule has 0 fully saturated rings. The van der Waals surface area contributed by atoms with E-state index >= 15 is 0 Å². The molecule has 1 heterocycles. The van der Waals surface area contributed by atoms with Crippen molar-refractivity contribution in [2.45, 2.75) is 26.9 Å². The van der Waals surface area contributed by atoms with Crippen LogP contribution in [-0.4, -0.2) is 14.9 Å². The predicted octanol–water partition coefficient (Wildman–Crippen LogP) is 2.24. The van der Waals surface area contributed by atoms with Crippen molar-refractivity contribution >= 4 is 0 Å². The summed E-state index contributed by atoms with van der Waals surface area (Å²) >= 11 is 0. The van der Waals surface area contributed by atoms with Crippen molar-refractivity contribution in [3.63, 3.8) is 0 Å². The third kappa shape index (κ3) is 1.99. The van der Waals surface area contributed by atoms with Crippen molar-refractivity contribution in [3.8, 4) is 5.69 Å². The lowest BCUT2D eigenvalue weighted by atomic mass is 10.1. The van der Waals surface area contributed by atoms with Gasteiger partial charge in [0, 0.05) is 11.8 Å². The van der Waals surface area contributed by atoms with Crippen molar-refractivity contribution in [2.24, 2.45) is 0 Å². The summed E-state index contributed by atoms with van der Waals surface area (Å²) in [5.41, 5.74) is 4.09. The van der Waals surface area contributed by atoms with Gasteiger partial charge in [0.05, 0.1) is 18.0 Å². The van der Waals surface area contributed by atoms with E-state index in [1.165, 1.54) is 5.56 Å². The summed E-state index contributed by atoms with van der Waals surface area (Å²) in [6.07, 6.45) is 2.91. The lowest BCUT2D eigenvalue weighted by Gasteiger charge is -2.02. The van der Waals surface area contributed by atoms with E-state index in [2.05, 4.69) is 24.2 Å². The lowest BCUT2D eigenvalue weighted by Crippen LogP contribution is -1.94. The van der Waals surface area contributed by atoms with Crippen molar-refractivity contribution < 1.29 is 5.11 Å². The van der Waals surface area contributed by atoms with Gasteiger partial charge in [0.25, 0.3) is 0 Å². The lowest BCUT2D eigenvalue weighted by molar-refractivity contribution is 0.281. The second-order valence-corrected chi connectivity index (χ2v) is 3.86. The van der Waals surface area contributed by atoms with Gasteiger partial charge < -0.3 is 5.11 Å². The summed E-state index contributed by atoms with van der Waals surface area (Å²) in [6, 6.07) is 8.30. The summed E-state index contributed by atoms with van der Waals surface area (Å²) in [4.78, 5) is 0. The summed E-state index contributed by atoms with van der Waals surface area (Å²) < 4.78 is 1.81. The predicted molar refractivity (Wildman–Crippen MR) is 63.6 cm³/mol. The highest BCUT2D eigenvalue weighted by atomic mass is 16.3. The smallest absolute Gasteiger partial charge is 0.0715 e. The minimum Gasteiger partial charge on any atom is -0.392 e. The molecule has 0 atom stereocenters. The summed E-state index contributed by atoms with van der Waals surface area (Å²) in [6.45, 7) is 4.08. The molecular weight excluding hydrogens is 200 g/mol. The fraction of sp³-hybridized carbons (Fsp3) is 0.308. The molecule has 3 heteroatoms. The van der Waals surface area contributed by atoms with Crippen molar-refractivity contribution in [1.82, 2.24) is 9.78 Å². The molecule has 1 aromatic heterocycles. The van der Waals surface area contributed by atoms with Gasteiger partial charge in [0.1, 0.15) is 0 Å². The van der Waals surface area contributed by atoms with E-state index in [1.54, 1.807) is 4.68 Å². The molecule has 0 spiro atoms. The monoisotopic (exact) mass is 216 g/mol. The van der Waals surface area contributed by atoms with E-state index in [0.29, 0.717) is 0 Å². The molecule has 16 heavy (non-hydrogen) atoms. The number of hydrogen-bond acceptors (Lipinski definition) is 2. The molecule has 0 saturated heterocycles. The zero-order valence-corrected chi connectivity index (χ0v) is 9.64. The van der Waals surface area contributed by atoms with E-state index in [1.807, 2.05) is 25.3 Å². The van der Waals surface area contributed by atoms with Gasteiger partial charge in [0.2, 0.25) is 0 Å². The van der Waals surface area contributed by atoms with Crippen molar-refractivity contribution in [2.75, 3.05) is 0 Å². The fourth-order valence-electron chi connectivity index (χ4n) is 1.67. The minimum atomic E-state index is 0.0406. The number of hydrogen-bond donors (Lipinski definition) is 1. The molecule has 0 aliphatic rings. The molecular formula is C13H16N2O. The number of aryl methyl sites for hydroxylation is 2. The number of nitrogens with zero attached hydrogens (tertiary/aromatic N) is 2. The van der Waals surface area contributed by atoms with Gasteiger partial charge in [-0.25, -0.2) is 4.68 Å². The normalized spacial score (nSPS) is 10.7. The van der Waals surface area contributed by atoms with Gasteiger partial charge in [-0.3, -0.25) is 0 Å². The topological polar surface area (TPSA) is 38.0 Å². The van der Waals surface area contributed by atoms with E-state index in [4.69, 9.17) is 5.11 Å². The average molecular weight is 216 g/mol. The van der Waals surface area contributed by atoms with Crippen LogP contribution in [0.5, 0.6) is 0 Å². The number of rotatable bonds is 3. The zero-order valence-electron chi connectivity index (χ0n) is 9.64. The first-order valence-corrected chi connectivity index (χ1v) is 5.50. The van der Waals surface area contributed by atoms with Gasteiger partial charge in [-0.2, -0.15) is 5.10 Å². The Morgan fingerprint density at radius 1 is 1.25 bits per heavy atom. The first-order chi connectivity index (χ1) is 7.74. The van der Waals surface area contributed by atoms with E-state index in [0.717, 1.165) is 23.4 Å². The molecule has 2 rings (SSSR count). The molecule has 0 bridgehead atoms. The number of aromatic nitrogens is 2. The van der Waals surface area contributed by atoms with Crippen molar-refractivity contribution in [3.05, 3.63) is 47.3 Å².